The molecule has 2 aromatic carbocycles. The average Bonchev–Trinajstić information content (AvgIpc) is 2.40. The van der Waals surface area contributed by atoms with E-state index in [0.717, 1.165) is 16.8 Å². The Morgan fingerprint density at radius 1 is 1.14 bits per heavy atom. The van der Waals surface area contributed by atoms with E-state index in [1.54, 1.807) is 25.1 Å². The maximum Gasteiger partial charge on any atom is 0.288 e. The normalized spacial score (nSPS) is 10.5. The summed E-state index contributed by atoms with van der Waals surface area (Å²) >= 11 is 17.8. The molecule has 2 rings (SSSR count). The third kappa shape index (κ3) is 3.79. The summed E-state index contributed by atoms with van der Waals surface area (Å²) in [6.45, 7) is 2.24. The summed E-state index contributed by atoms with van der Waals surface area (Å²) < 4.78 is 0. The van der Waals surface area contributed by atoms with Gasteiger partial charge in [0.15, 0.2) is 0 Å². The van der Waals surface area contributed by atoms with Crippen molar-refractivity contribution in [3.63, 3.8) is 0 Å². The van der Waals surface area contributed by atoms with Gasteiger partial charge >= 0.3 is 0 Å². The van der Waals surface area contributed by atoms with Gasteiger partial charge in [-0.25, -0.2) is 0 Å². The Hall–Kier alpha value is -1.49. The van der Waals surface area contributed by atoms with Crippen LogP contribution in [0.25, 0.3) is 0 Å². The summed E-state index contributed by atoms with van der Waals surface area (Å²) in [6.07, 6.45) is 0. The van der Waals surface area contributed by atoms with Gasteiger partial charge in [-0.2, -0.15) is 0 Å². The fourth-order valence-corrected chi connectivity index (χ4v) is 2.56. The zero-order valence-corrected chi connectivity index (χ0v) is 13.3. The van der Waals surface area contributed by atoms with Crippen LogP contribution >= 0.6 is 34.8 Å². The van der Waals surface area contributed by atoms with Crippen LogP contribution in [-0.2, 0) is 6.54 Å². The first-order chi connectivity index (χ1) is 9.88. The smallest absolute Gasteiger partial charge is 0.288 e. The lowest BCUT2D eigenvalue weighted by molar-refractivity contribution is -0.384. The summed E-state index contributed by atoms with van der Waals surface area (Å²) in [5.41, 5.74) is 2.21. The van der Waals surface area contributed by atoms with E-state index < -0.39 is 4.92 Å². The zero-order valence-electron chi connectivity index (χ0n) is 11.0. The van der Waals surface area contributed by atoms with Crippen LogP contribution < -0.4 is 5.32 Å². The maximum atomic E-state index is 10.8. The number of anilines is 1. The fraction of sp³-hybridized carbons (Fsp3) is 0.143. The van der Waals surface area contributed by atoms with Gasteiger partial charge in [-0.15, -0.1) is 0 Å². The van der Waals surface area contributed by atoms with E-state index in [4.69, 9.17) is 34.8 Å². The molecule has 0 saturated carbocycles. The van der Waals surface area contributed by atoms with Gasteiger partial charge in [-0.3, -0.25) is 10.1 Å². The van der Waals surface area contributed by atoms with Crippen molar-refractivity contribution in [2.24, 2.45) is 0 Å². The van der Waals surface area contributed by atoms with E-state index in [9.17, 15) is 10.1 Å². The molecular formula is C14H11Cl3N2O2. The summed E-state index contributed by atoms with van der Waals surface area (Å²) in [5.74, 6) is 0. The van der Waals surface area contributed by atoms with Crippen molar-refractivity contribution in [1.82, 2.24) is 0 Å². The van der Waals surface area contributed by atoms with Gasteiger partial charge in [0.1, 0.15) is 5.02 Å². The predicted molar refractivity (Wildman–Crippen MR) is 86.6 cm³/mol. The standard InChI is InChI=1S/C14H11Cl3N2O2/c1-8-4-14(19(20)21)12(17)6-13(8)18-7-9-2-3-10(15)5-11(9)16/h2-6,18H,7H2,1H3. The minimum atomic E-state index is -0.505. The number of nitrogens with one attached hydrogen (secondary N) is 1. The Bertz CT molecular complexity index is 705. The average molecular weight is 346 g/mol. The number of nitro groups is 1. The third-order valence-electron chi connectivity index (χ3n) is 2.97. The van der Waals surface area contributed by atoms with Gasteiger partial charge in [0.25, 0.3) is 5.69 Å². The first kappa shape index (κ1) is 15.9. The molecular weight excluding hydrogens is 335 g/mol. The van der Waals surface area contributed by atoms with E-state index in [-0.39, 0.29) is 10.7 Å². The monoisotopic (exact) mass is 344 g/mol. The van der Waals surface area contributed by atoms with Crippen LogP contribution in [0.2, 0.25) is 15.1 Å². The first-order valence-corrected chi connectivity index (χ1v) is 7.14. The van der Waals surface area contributed by atoms with Crippen LogP contribution in [0.1, 0.15) is 11.1 Å². The molecule has 0 unspecified atom stereocenters. The Kier molecular flexibility index (Phi) is 4.93. The van der Waals surface area contributed by atoms with Crippen molar-refractivity contribution in [2.75, 3.05) is 5.32 Å². The summed E-state index contributed by atoms with van der Waals surface area (Å²) in [5, 5.41) is 15.2. The molecule has 0 bridgehead atoms. The predicted octanol–water partition coefficient (Wildman–Crippen LogP) is 5.48. The quantitative estimate of drug-likeness (QED) is 0.590. The number of rotatable bonds is 4. The highest BCUT2D eigenvalue weighted by atomic mass is 35.5. The van der Waals surface area contributed by atoms with Crippen molar-refractivity contribution in [1.29, 1.82) is 0 Å². The molecule has 0 spiro atoms. The molecule has 0 amide bonds. The van der Waals surface area contributed by atoms with Gasteiger partial charge < -0.3 is 5.32 Å². The molecule has 21 heavy (non-hydrogen) atoms. The molecule has 0 aliphatic carbocycles. The number of nitrogens with zero attached hydrogens (tertiary/aromatic N) is 1. The zero-order chi connectivity index (χ0) is 15.6. The number of aryl methyl sites for hydroxylation is 1. The third-order valence-corrected chi connectivity index (χ3v) is 3.86. The van der Waals surface area contributed by atoms with Crippen LogP contribution in [0.4, 0.5) is 11.4 Å². The van der Waals surface area contributed by atoms with Crippen LogP contribution in [0, 0.1) is 17.0 Å². The van der Waals surface area contributed by atoms with Gasteiger partial charge in [-0.05, 0) is 36.2 Å². The van der Waals surface area contributed by atoms with E-state index in [2.05, 4.69) is 5.32 Å². The molecule has 4 nitrogen and oxygen atoms in total. The number of hydrogen-bond donors (Lipinski definition) is 1. The Morgan fingerprint density at radius 3 is 2.48 bits per heavy atom. The molecule has 0 fully saturated rings. The lowest BCUT2D eigenvalue weighted by atomic mass is 10.1. The van der Waals surface area contributed by atoms with Gasteiger partial charge in [-0.1, -0.05) is 40.9 Å². The number of nitro benzene ring substituents is 1. The Morgan fingerprint density at radius 2 is 1.86 bits per heavy atom. The number of halogens is 3. The molecule has 1 N–H and O–H groups in total. The minimum Gasteiger partial charge on any atom is -0.381 e. The highest BCUT2D eigenvalue weighted by Crippen LogP contribution is 2.31. The maximum absolute atomic E-state index is 10.8. The lowest BCUT2D eigenvalue weighted by Crippen LogP contribution is -2.02. The van der Waals surface area contributed by atoms with Crippen LogP contribution in [-0.4, -0.2) is 4.92 Å². The van der Waals surface area contributed by atoms with Crippen molar-refractivity contribution in [3.05, 3.63) is 66.6 Å². The molecule has 0 aliphatic rings. The largest absolute Gasteiger partial charge is 0.381 e. The number of hydrogen-bond acceptors (Lipinski definition) is 3. The summed E-state index contributed by atoms with van der Waals surface area (Å²) in [4.78, 5) is 10.3. The van der Waals surface area contributed by atoms with Crippen LogP contribution in [0.15, 0.2) is 30.3 Å². The molecule has 0 radical (unpaired) electrons. The molecule has 7 heteroatoms. The summed E-state index contributed by atoms with van der Waals surface area (Å²) in [6, 6.07) is 8.21. The van der Waals surface area contributed by atoms with Gasteiger partial charge in [0, 0.05) is 28.3 Å². The second-order valence-corrected chi connectivity index (χ2v) is 5.72. The summed E-state index contributed by atoms with van der Waals surface area (Å²) in [7, 11) is 0. The molecule has 110 valence electrons. The van der Waals surface area contributed by atoms with Crippen LogP contribution in [0.3, 0.4) is 0 Å². The minimum absolute atomic E-state index is 0.0929. The lowest BCUT2D eigenvalue weighted by Gasteiger charge is -2.11. The molecule has 0 aliphatic heterocycles. The van der Waals surface area contributed by atoms with E-state index in [1.165, 1.54) is 6.07 Å². The molecule has 2 aromatic rings. The molecule has 0 saturated heterocycles. The second-order valence-electron chi connectivity index (χ2n) is 4.46. The molecule has 0 aromatic heterocycles. The topological polar surface area (TPSA) is 55.2 Å². The highest BCUT2D eigenvalue weighted by molar-refractivity contribution is 6.35. The SMILES string of the molecule is Cc1cc([N+](=O)[O-])c(Cl)cc1NCc1ccc(Cl)cc1Cl. The highest BCUT2D eigenvalue weighted by Gasteiger charge is 2.15. The van der Waals surface area contributed by atoms with Crippen LogP contribution in [0.5, 0.6) is 0 Å². The fourth-order valence-electron chi connectivity index (χ4n) is 1.85. The van der Waals surface area contributed by atoms with Gasteiger partial charge in [0.2, 0.25) is 0 Å². The van der Waals surface area contributed by atoms with E-state index in [0.29, 0.717) is 16.6 Å². The number of benzene rings is 2. The second kappa shape index (κ2) is 6.52. The van der Waals surface area contributed by atoms with Crippen molar-refractivity contribution < 1.29 is 4.92 Å². The molecule has 0 atom stereocenters. The first-order valence-electron chi connectivity index (χ1n) is 6.01. The Balaban J connectivity index is 2.20. The molecule has 0 heterocycles. The van der Waals surface area contributed by atoms with Gasteiger partial charge in [0.05, 0.1) is 4.92 Å². The van der Waals surface area contributed by atoms with E-state index in [1.807, 2.05) is 6.07 Å². The van der Waals surface area contributed by atoms with E-state index >= 15 is 0 Å². The van der Waals surface area contributed by atoms with Crippen molar-refractivity contribution >= 4 is 46.2 Å². The van der Waals surface area contributed by atoms with Crippen molar-refractivity contribution in [3.8, 4) is 0 Å². The van der Waals surface area contributed by atoms with Crippen molar-refractivity contribution in [2.45, 2.75) is 13.5 Å². The Labute approximate surface area is 136 Å².